The zero-order chi connectivity index (χ0) is 22.6. The zero-order valence-corrected chi connectivity index (χ0v) is 19.4. The van der Waals surface area contributed by atoms with Gasteiger partial charge in [-0.3, -0.25) is 4.79 Å². The van der Waals surface area contributed by atoms with Crippen LogP contribution in [0.2, 0.25) is 4.34 Å². The second-order valence-corrected chi connectivity index (χ2v) is 10.4. The number of nitrogens with one attached hydrogen (secondary N) is 1. The predicted molar refractivity (Wildman–Crippen MR) is 119 cm³/mol. The number of aromatic nitrogens is 2. The Morgan fingerprint density at radius 1 is 1.23 bits per heavy atom. The molecule has 1 aromatic carbocycles. The number of amides is 1. The molecule has 0 spiro atoms. The molecular weight excluding hydrogens is 464 g/mol. The molecule has 0 aliphatic rings. The quantitative estimate of drug-likeness (QED) is 0.501. The van der Waals surface area contributed by atoms with Crippen molar-refractivity contribution in [3.63, 3.8) is 0 Å². The van der Waals surface area contributed by atoms with Gasteiger partial charge in [-0.25, -0.2) is 13.1 Å². The molecule has 0 saturated heterocycles. The summed E-state index contributed by atoms with van der Waals surface area (Å²) in [7, 11) is 0.618. The Bertz CT molecular complexity index is 1180. The molecule has 3 aromatic rings. The Balaban J connectivity index is 1.71. The number of methoxy groups -OCH3 is 2. The molecule has 31 heavy (non-hydrogen) atoms. The maximum atomic E-state index is 12.6. The van der Waals surface area contributed by atoms with Gasteiger partial charge in [0.05, 0.1) is 37.8 Å². The number of para-hydroxylation sites is 1. The molecule has 0 saturated carbocycles. The van der Waals surface area contributed by atoms with Gasteiger partial charge in [-0.05, 0) is 18.2 Å². The number of sulfonamides is 1. The number of hydrogen-bond donors (Lipinski definition) is 1. The number of carbonyl (C=O) groups excluding carboxylic acids is 1. The minimum Gasteiger partial charge on any atom is -0.493 e. The van der Waals surface area contributed by atoms with Gasteiger partial charge in [0.25, 0.3) is 10.0 Å². The zero-order valence-electron chi connectivity index (χ0n) is 17.0. The summed E-state index contributed by atoms with van der Waals surface area (Å²) in [6.07, 6.45) is 1.54. The van der Waals surface area contributed by atoms with Crippen molar-refractivity contribution in [3.8, 4) is 11.5 Å². The maximum absolute atomic E-state index is 12.6. The Hall–Kier alpha value is -2.60. The van der Waals surface area contributed by atoms with Crippen LogP contribution < -0.4 is 14.8 Å². The van der Waals surface area contributed by atoms with E-state index in [0.29, 0.717) is 28.2 Å². The normalized spacial score (nSPS) is 11.5. The molecule has 166 valence electrons. The number of rotatable bonds is 9. The molecule has 0 unspecified atom stereocenters. The lowest BCUT2D eigenvalue weighted by molar-refractivity contribution is -0.116. The second kappa shape index (κ2) is 9.69. The van der Waals surface area contributed by atoms with Crippen LogP contribution in [0.5, 0.6) is 11.5 Å². The van der Waals surface area contributed by atoms with Crippen LogP contribution in [0.3, 0.4) is 0 Å². The van der Waals surface area contributed by atoms with E-state index >= 15 is 0 Å². The van der Waals surface area contributed by atoms with Crippen LogP contribution in [0.25, 0.3) is 0 Å². The van der Waals surface area contributed by atoms with E-state index in [4.69, 9.17) is 21.1 Å². The topological polar surface area (TPSA) is 103 Å². The lowest BCUT2D eigenvalue weighted by Crippen LogP contribution is -2.35. The van der Waals surface area contributed by atoms with Gasteiger partial charge in [-0.1, -0.05) is 23.7 Å². The van der Waals surface area contributed by atoms with E-state index in [0.717, 1.165) is 21.2 Å². The largest absolute Gasteiger partial charge is 0.493 e. The maximum Gasteiger partial charge on any atom is 0.252 e. The van der Waals surface area contributed by atoms with Crippen LogP contribution in [-0.2, 0) is 21.4 Å². The minimum atomic E-state index is -3.81. The lowest BCUT2D eigenvalue weighted by atomic mass is 10.2. The van der Waals surface area contributed by atoms with E-state index in [-0.39, 0.29) is 10.8 Å². The van der Waals surface area contributed by atoms with Crippen LogP contribution in [0.4, 0.5) is 5.82 Å². The summed E-state index contributed by atoms with van der Waals surface area (Å²) in [4.78, 5) is 12.5. The monoisotopic (exact) mass is 484 g/mol. The molecule has 0 aliphatic carbocycles. The van der Waals surface area contributed by atoms with Gasteiger partial charge < -0.3 is 14.8 Å². The Kier molecular flexibility index (Phi) is 7.21. The smallest absolute Gasteiger partial charge is 0.252 e. The van der Waals surface area contributed by atoms with Crippen molar-refractivity contribution in [2.75, 3.05) is 33.1 Å². The number of likely N-dealkylation sites (N-methyl/N-ethyl adjacent to an activating group) is 1. The number of hydrogen-bond acceptors (Lipinski definition) is 7. The SMILES string of the molecule is COc1cccc(Cn2nccc2NC(=O)CN(C)S(=O)(=O)c2ccc(Cl)s2)c1OC. The molecular formula is C19H21ClN4O5S2. The van der Waals surface area contributed by atoms with Crippen molar-refractivity contribution < 1.29 is 22.7 Å². The fraction of sp³-hybridized carbons (Fsp3) is 0.263. The molecule has 0 radical (unpaired) electrons. The first kappa shape index (κ1) is 23.1. The molecule has 0 atom stereocenters. The summed E-state index contributed by atoms with van der Waals surface area (Å²) in [6, 6.07) is 10.0. The van der Waals surface area contributed by atoms with Gasteiger partial charge in [-0.2, -0.15) is 9.40 Å². The van der Waals surface area contributed by atoms with Gasteiger partial charge in [0.1, 0.15) is 10.0 Å². The highest BCUT2D eigenvalue weighted by Crippen LogP contribution is 2.31. The van der Waals surface area contributed by atoms with Crippen molar-refractivity contribution in [1.82, 2.24) is 14.1 Å². The van der Waals surface area contributed by atoms with Crippen LogP contribution >= 0.6 is 22.9 Å². The van der Waals surface area contributed by atoms with Crippen LogP contribution in [0.15, 0.2) is 46.8 Å². The lowest BCUT2D eigenvalue weighted by Gasteiger charge is -2.17. The molecule has 0 bridgehead atoms. The van der Waals surface area contributed by atoms with E-state index in [2.05, 4.69) is 10.4 Å². The molecule has 12 heteroatoms. The molecule has 2 heterocycles. The van der Waals surface area contributed by atoms with Crippen molar-refractivity contribution in [2.45, 2.75) is 10.8 Å². The average molecular weight is 485 g/mol. The first-order valence-corrected chi connectivity index (χ1v) is 11.6. The van der Waals surface area contributed by atoms with Crippen molar-refractivity contribution in [1.29, 1.82) is 0 Å². The summed E-state index contributed by atoms with van der Waals surface area (Å²) in [5.41, 5.74) is 0.801. The van der Waals surface area contributed by atoms with Crippen LogP contribution in [0, 0.1) is 0 Å². The Morgan fingerprint density at radius 2 is 2.00 bits per heavy atom. The van der Waals surface area contributed by atoms with Crippen LogP contribution in [-0.4, -0.2) is 56.2 Å². The number of ether oxygens (including phenoxy) is 2. The van der Waals surface area contributed by atoms with Gasteiger partial charge in [0.2, 0.25) is 5.91 Å². The highest BCUT2D eigenvalue weighted by Gasteiger charge is 2.25. The fourth-order valence-electron chi connectivity index (χ4n) is 2.86. The number of halogens is 1. The molecule has 0 fully saturated rings. The molecule has 3 rings (SSSR count). The first-order valence-electron chi connectivity index (χ1n) is 8.99. The molecule has 2 aromatic heterocycles. The number of carbonyl (C=O) groups is 1. The van der Waals surface area contributed by atoms with Crippen molar-refractivity contribution >= 4 is 44.7 Å². The second-order valence-electron chi connectivity index (χ2n) is 6.39. The summed E-state index contributed by atoms with van der Waals surface area (Å²) in [5, 5.41) is 6.93. The summed E-state index contributed by atoms with van der Waals surface area (Å²) in [5.74, 6) is 1.06. The van der Waals surface area contributed by atoms with Gasteiger partial charge in [0.15, 0.2) is 11.5 Å². The number of benzene rings is 1. The minimum absolute atomic E-state index is 0.0722. The number of nitrogens with zero attached hydrogens (tertiary/aromatic N) is 3. The highest BCUT2D eigenvalue weighted by atomic mass is 35.5. The average Bonchev–Trinajstić information content (AvgIpc) is 3.36. The van der Waals surface area contributed by atoms with Crippen LogP contribution in [0.1, 0.15) is 5.56 Å². The van der Waals surface area contributed by atoms with Gasteiger partial charge in [0, 0.05) is 18.7 Å². The van der Waals surface area contributed by atoms with E-state index < -0.39 is 15.9 Å². The van der Waals surface area contributed by atoms with E-state index in [1.54, 1.807) is 31.0 Å². The molecule has 1 amide bonds. The molecule has 1 N–H and O–H groups in total. The highest BCUT2D eigenvalue weighted by molar-refractivity contribution is 7.91. The Morgan fingerprint density at radius 3 is 2.65 bits per heavy atom. The predicted octanol–water partition coefficient (Wildman–Crippen LogP) is 2.92. The number of anilines is 1. The summed E-state index contributed by atoms with van der Waals surface area (Å²) >= 11 is 6.76. The summed E-state index contributed by atoms with van der Waals surface area (Å²) < 4.78 is 38.9. The van der Waals surface area contributed by atoms with Crippen molar-refractivity contribution in [2.24, 2.45) is 0 Å². The van der Waals surface area contributed by atoms with E-state index in [9.17, 15) is 13.2 Å². The third-order valence-corrected chi connectivity index (χ3v) is 7.87. The van der Waals surface area contributed by atoms with Crippen molar-refractivity contribution in [3.05, 3.63) is 52.5 Å². The van der Waals surface area contributed by atoms with Gasteiger partial charge >= 0.3 is 0 Å². The summed E-state index contributed by atoms with van der Waals surface area (Å²) in [6.45, 7) is -0.0592. The molecule has 9 nitrogen and oxygen atoms in total. The third-order valence-electron chi connectivity index (χ3n) is 4.37. The molecule has 0 aliphatic heterocycles. The van der Waals surface area contributed by atoms with E-state index in [1.807, 2.05) is 12.1 Å². The third kappa shape index (κ3) is 5.18. The van der Waals surface area contributed by atoms with Gasteiger partial charge in [-0.15, -0.1) is 11.3 Å². The standard InChI is InChI=1S/C19H21ClN4O5S2/c1-23(31(26,27)18-8-7-15(20)30-18)12-17(25)22-16-9-10-21-24(16)11-13-5-4-6-14(28-2)19(13)29-3/h4-10H,11-12H2,1-3H3,(H,22,25). The first-order chi connectivity index (χ1) is 14.8. The fourth-order valence-corrected chi connectivity index (χ4v) is 5.68. The number of thiophene rings is 1. The van der Waals surface area contributed by atoms with E-state index in [1.165, 1.54) is 25.4 Å². The Labute approximate surface area is 189 Å².